The van der Waals surface area contributed by atoms with E-state index >= 15 is 0 Å². The standard InChI is InChI=1S/C12H12N4O/c1-17-11-4-2-3-9(7-11)5-6-10-8-14-12(13)16-15-10/h2-8H,1H3,(H2,13,14,16)/b6-5+. The molecule has 0 radical (unpaired) electrons. The van der Waals surface area contributed by atoms with Crippen LogP contribution in [0.15, 0.2) is 30.5 Å². The van der Waals surface area contributed by atoms with E-state index in [4.69, 9.17) is 10.5 Å². The second kappa shape index (κ2) is 5.07. The Hall–Kier alpha value is -2.43. The van der Waals surface area contributed by atoms with Crippen LogP contribution in [0.25, 0.3) is 12.2 Å². The van der Waals surface area contributed by atoms with Gasteiger partial charge in [0, 0.05) is 0 Å². The highest BCUT2D eigenvalue weighted by Crippen LogP contribution is 2.14. The van der Waals surface area contributed by atoms with Crippen molar-refractivity contribution in [3.63, 3.8) is 0 Å². The first-order valence-electron chi connectivity index (χ1n) is 5.05. The highest BCUT2D eigenvalue weighted by molar-refractivity contribution is 5.68. The predicted molar refractivity (Wildman–Crippen MR) is 66.2 cm³/mol. The van der Waals surface area contributed by atoms with Gasteiger partial charge in [0.1, 0.15) is 11.4 Å². The van der Waals surface area contributed by atoms with E-state index in [0.717, 1.165) is 11.3 Å². The number of hydrogen-bond acceptors (Lipinski definition) is 5. The van der Waals surface area contributed by atoms with Crippen molar-refractivity contribution >= 4 is 18.1 Å². The van der Waals surface area contributed by atoms with E-state index in [1.807, 2.05) is 36.4 Å². The Bertz CT molecular complexity index is 522. The fourth-order valence-electron chi connectivity index (χ4n) is 1.30. The molecular formula is C12H12N4O. The van der Waals surface area contributed by atoms with Crippen molar-refractivity contribution in [3.05, 3.63) is 41.7 Å². The number of anilines is 1. The molecule has 0 aliphatic rings. The first kappa shape index (κ1) is 11.1. The molecule has 0 aliphatic carbocycles. The van der Waals surface area contributed by atoms with Gasteiger partial charge in [0.05, 0.1) is 13.3 Å². The van der Waals surface area contributed by atoms with Crippen LogP contribution in [-0.4, -0.2) is 22.3 Å². The second-order valence-electron chi connectivity index (χ2n) is 3.35. The van der Waals surface area contributed by atoms with Crippen LogP contribution in [0.3, 0.4) is 0 Å². The lowest BCUT2D eigenvalue weighted by Crippen LogP contribution is -1.97. The van der Waals surface area contributed by atoms with E-state index in [9.17, 15) is 0 Å². The van der Waals surface area contributed by atoms with Gasteiger partial charge in [0.2, 0.25) is 5.95 Å². The lowest BCUT2D eigenvalue weighted by Gasteiger charge is -1.99. The Morgan fingerprint density at radius 3 is 2.82 bits per heavy atom. The zero-order valence-electron chi connectivity index (χ0n) is 9.37. The zero-order valence-corrected chi connectivity index (χ0v) is 9.37. The van der Waals surface area contributed by atoms with Gasteiger partial charge in [-0.3, -0.25) is 0 Å². The number of nitrogens with zero attached hydrogens (tertiary/aromatic N) is 3. The minimum Gasteiger partial charge on any atom is -0.497 e. The summed E-state index contributed by atoms with van der Waals surface area (Å²) in [4.78, 5) is 3.85. The summed E-state index contributed by atoms with van der Waals surface area (Å²) >= 11 is 0. The molecule has 0 bridgehead atoms. The van der Waals surface area contributed by atoms with Crippen molar-refractivity contribution in [3.8, 4) is 5.75 Å². The number of nitrogens with two attached hydrogens (primary N) is 1. The number of rotatable bonds is 3. The van der Waals surface area contributed by atoms with Crippen LogP contribution in [-0.2, 0) is 0 Å². The quantitative estimate of drug-likeness (QED) is 0.864. The molecule has 0 atom stereocenters. The van der Waals surface area contributed by atoms with Crippen molar-refractivity contribution in [1.29, 1.82) is 0 Å². The van der Waals surface area contributed by atoms with E-state index in [0.29, 0.717) is 5.69 Å². The van der Waals surface area contributed by atoms with Gasteiger partial charge in [0.15, 0.2) is 0 Å². The summed E-state index contributed by atoms with van der Waals surface area (Å²) in [5.74, 6) is 0.984. The lowest BCUT2D eigenvalue weighted by atomic mass is 10.2. The first-order chi connectivity index (χ1) is 8.28. The summed E-state index contributed by atoms with van der Waals surface area (Å²) < 4.78 is 5.13. The van der Waals surface area contributed by atoms with Gasteiger partial charge in [-0.05, 0) is 23.8 Å². The first-order valence-corrected chi connectivity index (χ1v) is 5.05. The van der Waals surface area contributed by atoms with Crippen molar-refractivity contribution in [2.24, 2.45) is 0 Å². The predicted octanol–water partition coefficient (Wildman–Crippen LogP) is 1.63. The Morgan fingerprint density at radius 2 is 2.12 bits per heavy atom. The molecule has 2 aromatic rings. The third kappa shape index (κ3) is 3.01. The molecule has 1 aromatic heterocycles. The van der Waals surface area contributed by atoms with Crippen LogP contribution >= 0.6 is 0 Å². The molecule has 2 rings (SSSR count). The number of benzene rings is 1. The number of hydrogen-bond donors (Lipinski definition) is 1. The maximum Gasteiger partial charge on any atom is 0.240 e. The Morgan fingerprint density at radius 1 is 1.24 bits per heavy atom. The molecule has 5 heteroatoms. The zero-order chi connectivity index (χ0) is 12.1. The molecule has 0 unspecified atom stereocenters. The van der Waals surface area contributed by atoms with Gasteiger partial charge < -0.3 is 10.5 Å². The van der Waals surface area contributed by atoms with Crippen LogP contribution < -0.4 is 10.5 Å². The van der Waals surface area contributed by atoms with Gasteiger partial charge in [-0.15, -0.1) is 10.2 Å². The summed E-state index contributed by atoms with van der Waals surface area (Å²) in [6.45, 7) is 0. The fourth-order valence-corrected chi connectivity index (χ4v) is 1.30. The summed E-state index contributed by atoms with van der Waals surface area (Å²) in [5, 5.41) is 7.55. The van der Waals surface area contributed by atoms with Gasteiger partial charge in [-0.25, -0.2) is 4.98 Å². The van der Waals surface area contributed by atoms with Crippen LogP contribution in [0.4, 0.5) is 5.95 Å². The average Bonchev–Trinajstić information content (AvgIpc) is 2.38. The minimum atomic E-state index is 0.170. The van der Waals surface area contributed by atoms with E-state index in [2.05, 4.69) is 15.2 Å². The molecule has 86 valence electrons. The largest absolute Gasteiger partial charge is 0.497 e. The molecule has 5 nitrogen and oxygen atoms in total. The highest BCUT2D eigenvalue weighted by atomic mass is 16.5. The van der Waals surface area contributed by atoms with Crippen molar-refractivity contribution in [2.45, 2.75) is 0 Å². The third-order valence-corrected chi connectivity index (χ3v) is 2.14. The van der Waals surface area contributed by atoms with Crippen molar-refractivity contribution in [2.75, 3.05) is 12.8 Å². The lowest BCUT2D eigenvalue weighted by molar-refractivity contribution is 0.414. The van der Waals surface area contributed by atoms with Gasteiger partial charge in [-0.1, -0.05) is 18.2 Å². The maximum atomic E-state index is 5.35. The van der Waals surface area contributed by atoms with Crippen LogP contribution in [0.5, 0.6) is 5.75 Å². The fraction of sp³-hybridized carbons (Fsp3) is 0.0833. The third-order valence-electron chi connectivity index (χ3n) is 2.14. The second-order valence-corrected chi connectivity index (χ2v) is 3.35. The van der Waals surface area contributed by atoms with Gasteiger partial charge >= 0.3 is 0 Å². The summed E-state index contributed by atoms with van der Waals surface area (Å²) in [5.41, 5.74) is 7.02. The monoisotopic (exact) mass is 228 g/mol. The topological polar surface area (TPSA) is 73.9 Å². The molecule has 0 spiro atoms. The molecule has 1 aromatic carbocycles. The van der Waals surface area contributed by atoms with E-state index in [-0.39, 0.29) is 5.95 Å². The molecule has 0 amide bonds. The molecule has 2 N–H and O–H groups in total. The number of methoxy groups -OCH3 is 1. The number of nitrogen functional groups attached to an aromatic ring is 1. The maximum absolute atomic E-state index is 5.35. The van der Waals surface area contributed by atoms with Crippen molar-refractivity contribution in [1.82, 2.24) is 15.2 Å². The van der Waals surface area contributed by atoms with Crippen LogP contribution in [0, 0.1) is 0 Å². The number of aromatic nitrogens is 3. The van der Waals surface area contributed by atoms with Gasteiger partial charge in [-0.2, -0.15) is 0 Å². The van der Waals surface area contributed by atoms with E-state index in [1.54, 1.807) is 13.3 Å². The average molecular weight is 228 g/mol. The van der Waals surface area contributed by atoms with Crippen LogP contribution in [0.2, 0.25) is 0 Å². The Kier molecular flexibility index (Phi) is 3.30. The minimum absolute atomic E-state index is 0.170. The van der Waals surface area contributed by atoms with Crippen LogP contribution in [0.1, 0.15) is 11.3 Å². The Balaban J connectivity index is 2.16. The molecule has 17 heavy (non-hydrogen) atoms. The molecule has 0 fully saturated rings. The molecular weight excluding hydrogens is 216 g/mol. The SMILES string of the molecule is COc1cccc(/C=C/c2cnc(N)nn2)c1. The molecule has 0 aliphatic heterocycles. The molecule has 0 saturated heterocycles. The Labute approximate surface area is 99.0 Å². The van der Waals surface area contributed by atoms with Gasteiger partial charge in [0.25, 0.3) is 0 Å². The summed E-state index contributed by atoms with van der Waals surface area (Å²) in [7, 11) is 1.64. The normalized spacial score (nSPS) is 10.6. The highest BCUT2D eigenvalue weighted by Gasteiger charge is 1.93. The van der Waals surface area contributed by atoms with Crippen molar-refractivity contribution < 1.29 is 4.74 Å². The molecule has 1 heterocycles. The van der Waals surface area contributed by atoms with E-state index in [1.165, 1.54) is 0 Å². The van der Waals surface area contributed by atoms with E-state index < -0.39 is 0 Å². The number of ether oxygens (including phenoxy) is 1. The summed E-state index contributed by atoms with van der Waals surface area (Å²) in [6.07, 6.45) is 5.29. The molecule has 0 saturated carbocycles. The smallest absolute Gasteiger partial charge is 0.240 e. The summed E-state index contributed by atoms with van der Waals surface area (Å²) in [6, 6.07) is 7.71.